The normalized spacial score (nSPS) is 39.1. The summed E-state index contributed by atoms with van der Waals surface area (Å²) in [6, 6.07) is 0.285. The molecule has 102 valence electrons. The van der Waals surface area contributed by atoms with Gasteiger partial charge in [-0.2, -0.15) is 0 Å². The molecule has 1 saturated heterocycles. The van der Waals surface area contributed by atoms with Crippen molar-refractivity contribution in [1.29, 1.82) is 0 Å². The molecule has 4 unspecified atom stereocenters. The van der Waals surface area contributed by atoms with Gasteiger partial charge in [0, 0.05) is 12.6 Å². The predicted molar refractivity (Wildman–Crippen MR) is 70.4 cm³/mol. The molecule has 3 nitrogen and oxygen atoms in total. The van der Waals surface area contributed by atoms with Crippen LogP contribution in [-0.2, 0) is 4.79 Å². The Balaban J connectivity index is 1.75. The number of likely N-dealkylation sites (tertiary alicyclic amines) is 1. The van der Waals surface area contributed by atoms with Gasteiger partial charge >= 0.3 is 5.97 Å². The number of nitrogens with zero attached hydrogens (tertiary/aromatic N) is 1. The molecular formula is C15H25NO2. The van der Waals surface area contributed by atoms with Crippen molar-refractivity contribution in [1.82, 2.24) is 4.90 Å². The van der Waals surface area contributed by atoms with Gasteiger partial charge in [-0.1, -0.05) is 19.3 Å². The van der Waals surface area contributed by atoms with E-state index in [1.807, 2.05) is 0 Å². The molecule has 3 aliphatic rings. The van der Waals surface area contributed by atoms with Gasteiger partial charge in [-0.3, -0.25) is 9.69 Å². The zero-order chi connectivity index (χ0) is 12.7. The van der Waals surface area contributed by atoms with Crippen molar-refractivity contribution in [3.63, 3.8) is 0 Å². The molecule has 1 N–H and O–H groups in total. The van der Waals surface area contributed by atoms with E-state index in [0.29, 0.717) is 17.9 Å². The molecule has 0 bridgehead atoms. The maximum atomic E-state index is 11.6. The minimum Gasteiger partial charge on any atom is -0.480 e. The fourth-order valence-electron chi connectivity index (χ4n) is 4.79. The fraction of sp³-hybridized carbons (Fsp3) is 0.933. The van der Waals surface area contributed by atoms with Gasteiger partial charge in [0.1, 0.15) is 6.04 Å². The third kappa shape index (κ3) is 1.97. The number of hydrogen-bond acceptors (Lipinski definition) is 2. The Morgan fingerprint density at radius 2 is 1.89 bits per heavy atom. The molecule has 0 aromatic heterocycles. The lowest BCUT2D eigenvalue weighted by atomic mass is 9.93. The van der Waals surface area contributed by atoms with Crippen LogP contribution in [0, 0.1) is 17.8 Å². The van der Waals surface area contributed by atoms with Crippen LogP contribution in [0.1, 0.15) is 51.9 Å². The standard InChI is InChI=1S/C15H25NO2/c1-10(11-5-2-3-6-11)16-9-12-7-4-8-13(12)14(16)15(17)18/h10-14H,2-9H2,1H3,(H,17,18). The van der Waals surface area contributed by atoms with Gasteiger partial charge in [0.2, 0.25) is 0 Å². The van der Waals surface area contributed by atoms with Crippen molar-refractivity contribution < 1.29 is 9.90 Å². The SMILES string of the molecule is CC(C1CCCC1)N1CC2CCCC2C1C(=O)O. The van der Waals surface area contributed by atoms with E-state index in [2.05, 4.69) is 11.8 Å². The third-order valence-corrected chi connectivity index (χ3v) is 5.78. The van der Waals surface area contributed by atoms with E-state index in [-0.39, 0.29) is 6.04 Å². The quantitative estimate of drug-likeness (QED) is 0.838. The Morgan fingerprint density at radius 3 is 2.56 bits per heavy atom. The lowest BCUT2D eigenvalue weighted by molar-refractivity contribution is -0.144. The predicted octanol–water partition coefficient (Wildman–Crippen LogP) is 2.75. The second kappa shape index (κ2) is 4.84. The van der Waals surface area contributed by atoms with Crippen LogP contribution in [0.25, 0.3) is 0 Å². The summed E-state index contributed by atoms with van der Waals surface area (Å²) in [7, 11) is 0. The Bertz CT molecular complexity index is 324. The van der Waals surface area contributed by atoms with Crippen molar-refractivity contribution >= 4 is 5.97 Å². The summed E-state index contributed by atoms with van der Waals surface area (Å²) in [6.45, 7) is 3.31. The molecule has 2 aliphatic carbocycles. The lowest BCUT2D eigenvalue weighted by Crippen LogP contribution is -2.46. The molecular weight excluding hydrogens is 226 g/mol. The number of fused-ring (bicyclic) bond motifs is 1. The monoisotopic (exact) mass is 251 g/mol. The van der Waals surface area contributed by atoms with Gasteiger partial charge in [0.25, 0.3) is 0 Å². The van der Waals surface area contributed by atoms with Gasteiger partial charge < -0.3 is 5.11 Å². The molecule has 2 saturated carbocycles. The second-order valence-electron chi connectivity index (χ2n) is 6.62. The van der Waals surface area contributed by atoms with Gasteiger partial charge in [0.15, 0.2) is 0 Å². The summed E-state index contributed by atoms with van der Waals surface area (Å²) >= 11 is 0. The molecule has 18 heavy (non-hydrogen) atoms. The fourth-order valence-corrected chi connectivity index (χ4v) is 4.79. The molecule has 3 rings (SSSR count). The molecule has 3 heteroatoms. The minimum absolute atomic E-state index is 0.187. The molecule has 4 atom stereocenters. The second-order valence-corrected chi connectivity index (χ2v) is 6.62. The van der Waals surface area contributed by atoms with Crippen molar-refractivity contribution in [2.45, 2.75) is 64.0 Å². The highest BCUT2D eigenvalue weighted by Crippen LogP contribution is 2.44. The van der Waals surface area contributed by atoms with Crippen LogP contribution in [0.2, 0.25) is 0 Å². The molecule has 0 amide bonds. The van der Waals surface area contributed by atoms with Gasteiger partial charge in [-0.25, -0.2) is 0 Å². The maximum Gasteiger partial charge on any atom is 0.321 e. The van der Waals surface area contributed by atoms with Crippen LogP contribution in [0.3, 0.4) is 0 Å². The first-order valence-corrected chi connectivity index (χ1v) is 7.67. The average Bonchev–Trinajstić information content (AvgIpc) is 3.03. The summed E-state index contributed by atoms with van der Waals surface area (Å²) in [5.41, 5.74) is 0. The summed E-state index contributed by atoms with van der Waals surface area (Å²) in [5, 5.41) is 9.58. The highest BCUT2D eigenvalue weighted by Gasteiger charge is 2.49. The number of carboxylic acids is 1. The van der Waals surface area contributed by atoms with Crippen molar-refractivity contribution in [3.8, 4) is 0 Å². The number of carbonyl (C=O) groups is 1. The molecule has 0 aromatic rings. The number of hydrogen-bond donors (Lipinski definition) is 1. The van der Waals surface area contributed by atoms with Crippen LogP contribution < -0.4 is 0 Å². The van der Waals surface area contributed by atoms with Gasteiger partial charge in [0.05, 0.1) is 0 Å². The molecule has 0 spiro atoms. The highest BCUT2D eigenvalue weighted by molar-refractivity contribution is 5.74. The van der Waals surface area contributed by atoms with Crippen LogP contribution >= 0.6 is 0 Å². The number of aliphatic carboxylic acids is 1. The Kier molecular flexibility index (Phi) is 3.35. The van der Waals surface area contributed by atoms with Gasteiger partial charge in [-0.05, 0) is 50.4 Å². The van der Waals surface area contributed by atoms with Crippen molar-refractivity contribution in [2.75, 3.05) is 6.54 Å². The zero-order valence-corrected chi connectivity index (χ0v) is 11.3. The van der Waals surface area contributed by atoms with Crippen LogP contribution in [-0.4, -0.2) is 34.6 Å². The van der Waals surface area contributed by atoms with E-state index in [4.69, 9.17) is 0 Å². The first-order chi connectivity index (χ1) is 8.68. The summed E-state index contributed by atoms with van der Waals surface area (Å²) < 4.78 is 0. The maximum absolute atomic E-state index is 11.6. The van der Waals surface area contributed by atoms with Crippen molar-refractivity contribution in [3.05, 3.63) is 0 Å². The van der Waals surface area contributed by atoms with E-state index in [1.54, 1.807) is 0 Å². The van der Waals surface area contributed by atoms with E-state index in [0.717, 1.165) is 18.9 Å². The minimum atomic E-state index is -0.575. The molecule has 0 aromatic carbocycles. The lowest BCUT2D eigenvalue weighted by Gasteiger charge is -2.34. The largest absolute Gasteiger partial charge is 0.480 e. The van der Waals surface area contributed by atoms with E-state index in [9.17, 15) is 9.90 Å². The summed E-state index contributed by atoms with van der Waals surface area (Å²) in [5.74, 6) is 1.27. The van der Waals surface area contributed by atoms with E-state index >= 15 is 0 Å². The third-order valence-electron chi connectivity index (χ3n) is 5.78. The number of rotatable bonds is 3. The van der Waals surface area contributed by atoms with Crippen LogP contribution in [0.5, 0.6) is 0 Å². The first-order valence-electron chi connectivity index (χ1n) is 7.67. The van der Waals surface area contributed by atoms with Crippen LogP contribution in [0.15, 0.2) is 0 Å². The summed E-state index contributed by atoms with van der Waals surface area (Å²) in [4.78, 5) is 14.0. The highest BCUT2D eigenvalue weighted by atomic mass is 16.4. The molecule has 0 radical (unpaired) electrons. The Morgan fingerprint density at radius 1 is 1.17 bits per heavy atom. The Hall–Kier alpha value is -0.570. The number of carboxylic acid groups (broad SMARTS) is 1. The molecule has 3 fully saturated rings. The molecule has 1 aliphatic heterocycles. The van der Waals surface area contributed by atoms with Crippen LogP contribution in [0.4, 0.5) is 0 Å². The Labute approximate surface area is 110 Å². The van der Waals surface area contributed by atoms with E-state index in [1.165, 1.54) is 38.5 Å². The zero-order valence-electron chi connectivity index (χ0n) is 11.3. The smallest absolute Gasteiger partial charge is 0.321 e. The van der Waals surface area contributed by atoms with Gasteiger partial charge in [-0.15, -0.1) is 0 Å². The topological polar surface area (TPSA) is 40.5 Å². The first kappa shape index (κ1) is 12.5. The van der Waals surface area contributed by atoms with E-state index < -0.39 is 5.97 Å². The average molecular weight is 251 g/mol. The molecule has 1 heterocycles. The van der Waals surface area contributed by atoms with Crippen molar-refractivity contribution in [2.24, 2.45) is 17.8 Å². The summed E-state index contributed by atoms with van der Waals surface area (Å²) in [6.07, 6.45) is 8.92.